The van der Waals surface area contributed by atoms with Gasteiger partial charge in [-0.25, -0.2) is 0 Å². The highest BCUT2D eigenvalue weighted by Gasteiger charge is 2.06. The van der Waals surface area contributed by atoms with Crippen LogP contribution in [0.3, 0.4) is 0 Å². The molecule has 0 radical (unpaired) electrons. The first-order valence-corrected chi connectivity index (χ1v) is 6.71. The van der Waals surface area contributed by atoms with Crippen LogP contribution in [0, 0.1) is 17.8 Å². The van der Waals surface area contributed by atoms with Crippen molar-refractivity contribution in [2.45, 2.75) is 13.8 Å². The Morgan fingerprint density at radius 2 is 1.89 bits per heavy atom. The Kier molecular flexibility index (Phi) is 3.63. The van der Waals surface area contributed by atoms with E-state index in [-0.39, 0.29) is 5.88 Å². The van der Waals surface area contributed by atoms with Crippen LogP contribution in [0.4, 0.5) is 5.69 Å². The van der Waals surface area contributed by atoms with Crippen molar-refractivity contribution in [3.8, 4) is 5.88 Å². The van der Waals surface area contributed by atoms with Gasteiger partial charge in [0.15, 0.2) is 3.95 Å². The number of hydrogen-bond donors (Lipinski definition) is 1. The second-order valence-electron chi connectivity index (χ2n) is 4.22. The molecule has 0 saturated heterocycles. The summed E-state index contributed by atoms with van der Waals surface area (Å²) in [6, 6.07) is 6.11. The molecule has 0 aliphatic carbocycles. The van der Waals surface area contributed by atoms with Crippen LogP contribution in [0.15, 0.2) is 23.2 Å². The predicted molar refractivity (Wildman–Crippen MR) is 79.0 cm³/mol. The maximum absolute atomic E-state index is 9.82. The van der Waals surface area contributed by atoms with Crippen molar-refractivity contribution in [2.24, 2.45) is 12.0 Å². The summed E-state index contributed by atoms with van der Waals surface area (Å²) in [4.78, 5) is 5.06. The topological polar surface area (TPSA) is 37.5 Å². The predicted octanol–water partition coefficient (Wildman–Crippen LogP) is 3.89. The number of aromatic nitrogens is 1. The van der Waals surface area contributed by atoms with Gasteiger partial charge in [0.2, 0.25) is 5.88 Å². The van der Waals surface area contributed by atoms with Crippen LogP contribution in [0.25, 0.3) is 0 Å². The van der Waals surface area contributed by atoms with Gasteiger partial charge in [-0.1, -0.05) is 17.4 Å². The van der Waals surface area contributed by atoms with E-state index >= 15 is 0 Å². The van der Waals surface area contributed by atoms with Crippen molar-refractivity contribution in [1.29, 1.82) is 0 Å². The van der Waals surface area contributed by atoms with Gasteiger partial charge in [0.1, 0.15) is 4.88 Å². The largest absolute Gasteiger partial charge is 0.493 e. The third-order valence-corrected chi connectivity index (χ3v) is 4.03. The van der Waals surface area contributed by atoms with Crippen molar-refractivity contribution in [2.75, 3.05) is 0 Å². The van der Waals surface area contributed by atoms with Gasteiger partial charge in [0.25, 0.3) is 0 Å². The number of nitrogens with zero attached hydrogens (tertiary/aromatic N) is 2. The fourth-order valence-electron chi connectivity index (χ4n) is 1.70. The molecule has 0 saturated carbocycles. The van der Waals surface area contributed by atoms with Crippen LogP contribution in [-0.2, 0) is 7.05 Å². The molecule has 1 aromatic heterocycles. The fraction of sp³-hybridized carbons (Fsp3) is 0.231. The number of aromatic hydroxyl groups is 1. The van der Waals surface area contributed by atoms with Crippen LogP contribution in [0.2, 0.25) is 0 Å². The van der Waals surface area contributed by atoms with Crippen LogP contribution in [0.5, 0.6) is 5.88 Å². The van der Waals surface area contributed by atoms with E-state index in [0.29, 0.717) is 8.83 Å². The Hall–Kier alpha value is -1.46. The van der Waals surface area contributed by atoms with Gasteiger partial charge in [-0.05, 0) is 49.3 Å². The monoisotopic (exact) mass is 278 g/mol. The quantitative estimate of drug-likeness (QED) is 0.668. The van der Waals surface area contributed by atoms with Gasteiger partial charge in [0.05, 0.1) is 11.9 Å². The van der Waals surface area contributed by atoms with Gasteiger partial charge in [-0.2, -0.15) is 0 Å². The van der Waals surface area contributed by atoms with Crippen molar-refractivity contribution in [3.63, 3.8) is 0 Å². The zero-order valence-corrected chi connectivity index (χ0v) is 12.1. The van der Waals surface area contributed by atoms with Gasteiger partial charge in [-0.15, -0.1) is 0 Å². The lowest BCUT2D eigenvalue weighted by Gasteiger charge is -1.99. The molecule has 0 unspecified atom stereocenters. The van der Waals surface area contributed by atoms with E-state index < -0.39 is 0 Å². The first-order chi connectivity index (χ1) is 8.47. The Morgan fingerprint density at radius 1 is 1.28 bits per heavy atom. The number of rotatable bonds is 2. The molecule has 0 fully saturated rings. The molecular weight excluding hydrogens is 264 g/mol. The number of thiazole rings is 1. The molecular formula is C13H14N2OS2. The summed E-state index contributed by atoms with van der Waals surface area (Å²) < 4.78 is 2.21. The van der Waals surface area contributed by atoms with Gasteiger partial charge in [0, 0.05) is 7.05 Å². The minimum atomic E-state index is 0.165. The van der Waals surface area contributed by atoms with Crippen LogP contribution in [-0.4, -0.2) is 15.9 Å². The summed E-state index contributed by atoms with van der Waals surface area (Å²) in [7, 11) is 1.74. The van der Waals surface area contributed by atoms with Gasteiger partial charge < -0.3 is 5.11 Å². The highest BCUT2D eigenvalue weighted by atomic mass is 32.1. The van der Waals surface area contributed by atoms with Crippen LogP contribution >= 0.6 is 23.6 Å². The highest BCUT2D eigenvalue weighted by Crippen LogP contribution is 2.24. The van der Waals surface area contributed by atoms with E-state index in [9.17, 15) is 5.11 Å². The molecule has 18 heavy (non-hydrogen) atoms. The van der Waals surface area contributed by atoms with Crippen molar-refractivity contribution in [3.05, 3.63) is 38.2 Å². The smallest absolute Gasteiger partial charge is 0.211 e. The van der Waals surface area contributed by atoms with Crippen molar-refractivity contribution < 1.29 is 5.11 Å². The summed E-state index contributed by atoms with van der Waals surface area (Å²) in [5.74, 6) is 0.165. The SMILES string of the molecule is Cc1cc(C)cc(N=Cc2sc(=S)n(C)c2O)c1. The number of aryl methyl sites for hydroxylation is 2. The zero-order chi connectivity index (χ0) is 13.3. The Bertz CT molecular complexity index is 648. The summed E-state index contributed by atoms with van der Waals surface area (Å²) in [5, 5.41) is 9.82. The fourth-order valence-corrected chi connectivity index (χ4v) is 2.80. The maximum Gasteiger partial charge on any atom is 0.211 e. The summed E-state index contributed by atoms with van der Waals surface area (Å²) in [5.41, 5.74) is 3.23. The Labute approximate surface area is 115 Å². The van der Waals surface area contributed by atoms with Crippen molar-refractivity contribution in [1.82, 2.24) is 4.57 Å². The second kappa shape index (κ2) is 5.04. The zero-order valence-electron chi connectivity index (χ0n) is 10.5. The molecule has 1 N–H and O–H groups in total. The molecule has 2 aromatic rings. The third-order valence-electron chi connectivity index (χ3n) is 2.55. The van der Waals surface area contributed by atoms with E-state index in [4.69, 9.17) is 12.2 Å². The molecule has 1 heterocycles. The van der Waals surface area contributed by atoms with Crippen LogP contribution in [0.1, 0.15) is 16.0 Å². The summed E-state index contributed by atoms with van der Waals surface area (Å²) in [6.07, 6.45) is 1.66. The molecule has 0 amide bonds. The standard InChI is InChI=1S/C13H14N2OS2/c1-8-4-9(2)6-10(5-8)14-7-11-12(16)15(3)13(17)18-11/h4-7,16H,1-3H3. The lowest BCUT2D eigenvalue weighted by molar-refractivity contribution is 0.430. The molecule has 0 spiro atoms. The molecule has 2 rings (SSSR count). The molecule has 94 valence electrons. The first-order valence-electron chi connectivity index (χ1n) is 5.48. The van der Waals surface area contributed by atoms with Crippen LogP contribution < -0.4 is 0 Å². The van der Waals surface area contributed by atoms with Gasteiger partial charge >= 0.3 is 0 Å². The normalized spacial score (nSPS) is 11.3. The number of hydrogen-bond acceptors (Lipinski definition) is 4. The van der Waals surface area contributed by atoms with E-state index in [2.05, 4.69) is 11.1 Å². The van der Waals surface area contributed by atoms with E-state index in [1.54, 1.807) is 17.8 Å². The number of benzene rings is 1. The molecule has 0 atom stereocenters. The minimum Gasteiger partial charge on any atom is -0.493 e. The molecule has 1 aromatic carbocycles. The lowest BCUT2D eigenvalue weighted by Crippen LogP contribution is -1.86. The van der Waals surface area contributed by atoms with E-state index in [1.807, 2.05) is 26.0 Å². The average molecular weight is 278 g/mol. The number of aliphatic imine (C=N–C) groups is 1. The molecule has 0 bridgehead atoms. The molecule has 5 heteroatoms. The Balaban J connectivity index is 2.35. The highest BCUT2D eigenvalue weighted by molar-refractivity contribution is 7.73. The molecule has 0 aliphatic heterocycles. The van der Waals surface area contributed by atoms with E-state index in [0.717, 1.165) is 5.69 Å². The Morgan fingerprint density at radius 3 is 2.39 bits per heavy atom. The molecule has 0 aliphatic rings. The molecule has 3 nitrogen and oxygen atoms in total. The van der Waals surface area contributed by atoms with Gasteiger partial charge in [-0.3, -0.25) is 9.56 Å². The first kappa shape index (κ1) is 13.0. The van der Waals surface area contributed by atoms with E-state index in [1.165, 1.54) is 22.5 Å². The summed E-state index contributed by atoms with van der Waals surface area (Å²) in [6.45, 7) is 4.08. The maximum atomic E-state index is 9.82. The lowest BCUT2D eigenvalue weighted by atomic mass is 10.1. The average Bonchev–Trinajstić information content (AvgIpc) is 2.53. The third kappa shape index (κ3) is 2.68. The summed E-state index contributed by atoms with van der Waals surface area (Å²) >= 11 is 6.44. The van der Waals surface area contributed by atoms with Crippen molar-refractivity contribution >= 4 is 35.5 Å². The minimum absolute atomic E-state index is 0.165. The second-order valence-corrected chi connectivity index (χ2v) is 5.89.